The fourth-order valence-corrected chi connectivity index (χ4v) is 2.81. The minimum atomic E-state index is 0. The summed E-state index contributed by atoms with van der Waals surface area (Å²) in [6.45, 7) is 6.48. The molecule has 0 saturated carbocycles. The van der Waals surface area contributed by atoms with Crippen LogP contribution in [0.1, 0.15) is 23.4 Å². The van der Waals surface area contributed by atoms with Crippen molar-refractivity contribution in [2.45, 2.75) is 33.4 Å². The predicted octanol–water partition coefficient (Wildman–Crippen LogP) is 2.45. The number of rotatable bonds is 7. The summed E-state index contributed by atoms with van der Waals surface area (Å²) in [5.41, 5.74) is 3.34. The number of pyridine rings is 1. The molecule has 3 aromatic rings. The predicted molar refractivity (Wildman–Crippen MR) is 121 cm³/mol. The van der Waals surface area contributed by atoms with Crippen LogP contribution >= 0.6 is 24.0 Å². The van der Waals surface area contributed by atoms with Gasteiger partial charge < -0.3 is 10.6 Å². The van der Waals surface area contributed by atoms with Crippen LogP contribution in [0.4, 0.5) is 0 Å². The van der Waals surface area contributed by atoms with Crippen LogP contribution in [-0.2, 0) is 13.1 Å². The zero-order chi connectivity index (χ0) is 19.1. The van der Waals surface area contributed by atoms with Crippen molar-refractivity contribution in [1.82, 2.24) is 34.9 Å². The van der Waals surface area contributed by atoms with Crippen molar-refractivity contribution in [2.24, 2.45) is 4.99 Å². The number of aliphatic imine (C=N–C) groups is 1. The minimum Gasteiger partial charge on any atom is -0.356 e. The minimum absolute atomic E-state index is 0. The first kappa shape index (κ1) is 21.9. The van der Waals surface area contributed by atoms with Crippen molar-refractivity contribution in [2.75, 3.05) is 13.6 Å². The Hall–Kier alpha value is -2.43. The number of hydrogen-bond acceptors (Lipinski definition) is 4. The third-order valence-electron chi connectivity index (χ3n) is 4.20. The molecule has 0 bridgehead atoms. The number of nitrogens with one attached hydrogen (secondary N) is 2. The summed E-state index contributed by atoms with van der Waals surface area (Å²) in [7, 11) is 1.77. The summed E-state index contributed by atoms with van der Waals surface area (Å²) in [5, 5.41) is 11.1. The van der Waals surface area contributed by atoms with Gasteiger partial charge in [0.1, 0.15) is 12.1 Å². The monoisotopic (exact) mass is 494 g/mol. The average Bonchev–Trinajstić information content (AvgIpc) is 3.31. The molecule has 0 fully saturated rings. The van der Waals surface area contributed by atoms with Gasteiger partial charge in [-0.1, -0.05) is 6.07 Å². The maximum absolute atomic E-state index is 4.48. The number of guanidine groups is 1. The van der Waals surface area contributed by atoms with Crippen LogP contribution in [0.2, 0.25) is 0 Å². The van der Waals surface area contributed by atoms with Crippen LogP contribution in [0.25, 0.3) is 5.82 Å². The molecule has 3 rings (SSSR count). The SMILES string of the molecule is CN=C(NCCCn1nc(C)cc1C)NCc1ccc(-n2ccnc2)nc1.I. The van der Waals surface area contributed by atoms with Gasteiger partial charge in [0.2, 0.25) is 0 Å². The summed E-state index contributed by atoms with van der Waals surface area (Å²) in [5.74, 6) is 1.63. The van der Waals surface area contributed by atoms with Crippen molar-refractivity contribution >= 4 is 29.9 Å². The molecule has 0 atom stereocenters. The van der Waals surface area contributed by atoms with Gasteiger partial charge in [-0.2, -0.15) is 5.10 Å². The van der Waals surface area contributed by atoms with Crippen LogP contribution in [0.15, 0.2) is 48.1 Å². The normalized spacial score (nSPS) is 11.2. The second kappa shape index (κ2) is 10.8. The first-order valence-corrected chi connectivity index (χ1v) is 9.04. The molecule has 28 heavy (non-hydrogen) atoms. The van der Waals surface area contributed by atoms with Gasteiger partial charge in [-0.05, 0) is 38.0 Å². The zero-order valence-electron chi connectivity index (χ0n) is 16.5. The van der Waals surface area contributed by atoms with Crippen LogP contribution in [0.3, 0.4) is 0 Å². The lowest BCUT2D eigenvalue weighted by atomic mass is 10.3. The number of imidazole rings is 1. The highest BCUT2D eigenvalue weighted by atomic mass is 127. The van der Waals surface area contributed by atoms with E-state index in [4.69, 9.17) is 0 Å². The van der Waals surface area contributed by atoms with Crippen molar-refractivity contribution in [3.05, 3.63) is 60.1 Å². The maximum Gasteiger partial charge on any atom is 0.191 e. The van der Waals surface area contributed by atoms with Gasteiger partial charge >= 0.3 is 0 Å². The van der Waals surface area contributed by atoms with E-state index in [0.717, 1.165) is 42.5 Å². The molecule has 3 heterocycles. The van der Waals surface area contributed by atoms with Gasteiger partial charge in [0, 0.05) is 51.0 Å². The van der Waals surface area contributed by atoms with Crippen LogP contribution in [0.5, 0.6) is 0 Å². The maximum atomic E-state index is 4.48. The third kappa shape index (κ3) is 6.04. The highest BCUT2D eigenvalue weighted by Crippen LogP contribution is 2.05. The third-order valence-corrected chi connectivity index (χ3v) is 4.20. The Labute approximate surface area is 182 Å². The quantitative estimate of drug-likeness (QED) is 0.228. The molecule has 2 N–H and O–H groups in total. The van der Waals surface area contributed by atoms with E-state index in [-0.39, 0.29) is 24.0 Å². The van der Waals surface area contributed by atoms with Gasteiger partial charge in [-0.15, -0.1) is 24.0 Å². The summed E-state index contributed by atoms with van der Waals surface area (Å²) < 4.78 is 3.92. The molecule has 0 amide bonds. The molecule has 9 heteroatoms. The Bertz CT molecular complexity index is 868. The van der Waals surface area contributed by atoms with Crippen molar-refractivity contribution < 1.29 is 0 Å². The highest BCUT2D eigenvalue weighted by molar-refractivity contribution is 14.0. The largest absolute Gasteiger partial charge is 0.356 e. The molecule has 0 aliphatic rings. The smallest absolute Gasteiger partial charge is 0.191 e. The van der Waals surface area contributed by atoms with Gasteiger partial charge in [-0.3, -0.25) is 14.2 Å². The molecular formula is C19H27IN8. The second-order valence-electron chi connectivity index (χ2n) is 6.35. The molecular weight excluding hydrogens is 467 g/mol. The first-order valence-electron chi connectivity index (χ1n) is 9.04. The lowest BCUT2D eigenvalue weighted by Crippen LogP contribution is -2.37. The fourth-order valence-electron chi connectivity index (χ4n) is 2.81. The number of aromatic nitrogens is 5. The molecule has 0 saturated heterocycles. The van der Waals surface area contributed by atoms with Crippen molar-refractivity contribution in [3.8, 4) is 5.82 Å². The summed E-state index contributed by atoms with van der Waals surface area (Å²) in [6, 6.07) is 6.12. The standard InChI is InChI=1S/C19H26N8.HI/c1-15-11-16(2)27(25-15)9-4-7-22-19(20-3)24-13-17-5-6-18(23-12-17)26-10-8-21-14-26;/h5-6,8,10-12,14H,4,7,9,13H2,1-3H3,(H2,20,22,24);1H. The molecule has 0 aromatic carbocycles. The molecule has 150 valence electrons. The lowest BCUT2D eigenvalue weighted by molar-refractivity contribution is 0.555. The Morgan fingerprint density at radius 3 is 2.68 bits per heavy atom. The van der Waals surface area contributed by atoms with Crippen molar-refractivity contribution in [3.63, 3.8) is 0 Å². The van der Waals surface area contributed by atoms with Gasteiger partial charge in [0.15, 0.2) is 5.96 Å². The van der Waals surface area contributed by atoms with Crippen LogP contribution in [-0.4, -0.2) is 43.9 Å². The van der Waals surface area contributed by atoms with Gasteiger partial charge in [0.05, 0.1) is 5.69 Å². The van der Waals surface area contributed by atoms with E-state index < -0.39 is 0 Å². The molecule has 8 nitrogen and oxygen atoms in total. The second-order valence-corrected chi connectivity index (χ2v) is 6.35. The van der Waals surface area contributed by atoms with Crippen LogP contribution in [0, 0.1) is 13.8 Å². The highest BCUT2D eigenvalue weighted by Gasteiger charge is 2.02. The topological polar surface area (TPSA) is 85.0 Å². The van der Waals surface area contributed by atoms with Crippen molar-refractivity contribution in [1.29, 1.82) is 0 Å². The molecule has 0 aliphatic heterocycles. The number of hydrogen-bond donors (Lipinski definition) is 2. The molecule has 0 spiro atoms. The summed E-state index contributed by atoms with van der Waals surface area (Å²) in [4.78, 5) is 12.8. The van der Waals surface area contributed by atoms with E-state index >= 15 is 0 Å². The average molecular weight is 494 g/mol. The Balaban J connectivity index is 0.00000280. The first-order chi connectivity index (χ1) is 13.2. The van der Waals surface area contributed by atoms with E-state index in [2.05, 4.69) is 43.7 Å². The molecule has 0 aliphatic carbocycles. The molecule has 0 radical (unpaired) electrons. The fraction of sp³-hybridized carbons (Fsp3) is 0.368. The van der Waals surface area contributed by atoms with Crippen LogP contribution < -0.4 is 10.6 Å². The number of halogens is 1. The van der Waals surface area contributed by atoms with E-state index in [9.17, 15) is 0 Å². The van der Waals surface area contributed by atoms with E-state index in [0.29, 0.717) is 6.54 Å². The summed E-state index contributed by atoms with van der Waals surface area (Å²) in [6.07, 6.45) is 8.18. The zero-order valence-corrected chi connectivity index (χ0v) is 18.8. The number of nitrogens with zero attached hydrogens (tertiary/aromatic N) is 6. The number of aryl methyl sites for hydroxylation is 3. The molecule has 0 unspecified atom stereocenters. The lowest BCUT2D eigenvalue weighted by Gasteiger charge is -2.12. The van der Waals surface area contributed by atoms with E-state index in [1.807, 2.05) is 40.7 Å². The van der Waals surface area contributed by atoms with Gasteiger partial charge in [-0.25, -0.2) is 9.97 Å². The summed E-state index contributed by atoms with van der Waals surface area (Å²) >= 11 is 0. The Morgan fingerprint density at radius 2 is 2.07 bits per heavy atom. The van der Waals surface area contributed by atoms with E-state index in [1.54, 1.807) is 19.6 Å². The van der Waals surface area contributed by atoms with E-state index in [1.165, 1.54) is 5.69 Å². The Morgan fingerprint density at radius 1 is 1.21 bits per heavy atom. The Kier molecular flexibility index (Phi) is 8.42. The molecule has 3 aromatic heterocycles. The van der Waals surface area contributed by atoms with Gasteiger partial charge in [0.25, 0.3) is 0 Å².